The second kappa shape index (κ2) is 8.63. The monoisotopic (exact) mass is 417 g/mol. The summed E-state index contributed by atoms with van der Waals surface area (Å²) < 4.78 is 0. The molecule has 0 radical (unpaired) electrons. The predicted octanol–water partition coefficient (Wildman–Crippen LogP) is 5.70. The zero-order valence-electron chi connectivity index (χ0n) is 16.9. The van der Waals surface area contributed by atoms with Gasteiger partial charge in [-0.2, -0.15) is 0 Å². The van der Waals surface area contributed by atoms with Crippen LogP contribution in [-0.2, 0) is 0 Å². The highest BCUT2D eigenvalue weighted by Gasteiger charge is 2.26. The van der Waals surface area contributed by atoms with Crippen LogP contribution in [0, 0.1) is 0 Å². The summed E-state index contributed by atoms with van der Waals surface area (Å²) in [6.07, 6.45) is 0. The highest BCUT2D eigenvalue weighted by molar-refractivity contribution is 7.99. The molecule has 2 N–H and O–H groups in total. The van der Waals surface area contributed by atoms with Crippen LogP contribution < -0.4 is 15.5 Å². The predicted molar refractivity (Wildman–Crippen MR) is 121 cm³/mol. The molecule has 1 atom stereocenters. The Morgan fingerprint density at radius 3 is 2.50 bits per heavy atom. The summed E-state index contributed by atoms with van der Waals surface area (Å²) in [6.45, 7) is 4.44. The van der Waals surface area contributed by atoms with Gasteiger partial charge in [-0.3, -0.25) is 4.79 Å². The van der Waals surface area contributed by atoms with Crippen LogP contribution in [0.15, 0.2) is 82.6 Å². The number of urea groups is 1. The molecule has 6 heteroatoms. The van der Waals surface area contributed by atoms with Crippen molar-refractivity contribution >= 4 is 35.1 Å². The number of fused-ring (bicyclic) bond motifs is 2. The molecule has 5 nitrogen and oxygen atoms in total. The standard InChI is InChI=1S/C24H23N3O2S/c1-3-27-20-15-18(26-24(29)25-16(2)17-9-5-4-6-10-17)13-14-22(20)30-21-12-8-7-11-19(21)23(27)28/h4-16H,3H2,1-2H3,(H2,25,26,29)/t16-/m1/s1. The molecule has 1 aliphatic heterocycles. The smallest absolute Gasteiger partial charge is 0.319 e. The van der Waals surface area contributed by atoms with Gasteiger partial charge in [0.15, 0.2) is 0 Å². The van der Waals surface area contributed by atoms with Gasteiger partial charge in [0.25, 0.3) is 5.91 Å². The summed E-state index contributed by atoms with van der Waals surface area (Å²) in [5, 5.41) is 5.85. The van der Waals surface area contributed by atoms with Crippen molar-refractivity contribution in [1.82, 2.24) is 5.32 Å². The van der Waals surface area contributed by atoms with Crippen molar-refractivity contribution in [3.63, 3.8) is 0 Å². The molecule has 0 bridgehead atoms. The van der Waals surface area contributed by atoms with Crippen LogP contribution in [0.25, 0.3) is 0 Å². The fourth-order valence-electron chi connectivity index (χ4n) is 3.50. The number of anilines is 2. The summed E-state index contributed by atoms with van der Waals surface area (Å²) in [7, 11) is 0. The Balaban J connectivity index is 1.56. The highest BCUT2D eigenvalue weighted by Crippen LogP contribution is 2.42. The second-order valence-corrected chi connectivity index (χ2v) is 8.14. The Morgan fingerprint density at radius 2 is 1.73 bits per heavy atom. The maximum Gasteiger partial charge on any atom is 0.319 e. The topological polar surface area (TPSA) is 61.4 Å². The Kier molecular flexibility index (Phi) is 5.77. The maximum absolute atomic E-state index is 13.1. The molecule has 1 heterocycles. The highest BCUT2D eigenvalue weighted by atomic mass is 32.2. The zero-order chi connectivity index (χ0) is 21.1. The van der Waals surface area contributed by atoms with E-state index in [1.807, 2.05) is 86.6 Å². The summed E-state index contributed by atoms with van der Waals surface area (Å²) in [4.78, 5) is 29.3. The van der Waals surface area contributed by atoms with Crippen LogP contribution in [0.3, 0.4) is 0 Å². The van der Waals surface area contributed by atoms with Crippen LogP contribution >= 0.6 is 11.8 Å². The van der Waals surface area contributed by atoms with E-state index < -0.39 is 0 Å². The van der Waals surface area contributed by atoms with Crippen LogP contribution in [0.2, 0.25) is 0 Å². The van der Waals surface area contributed by atoms with Crippen molar-refractivity contribution < 1.29 is 9.59 Å². The molecule has 0 unspecified atom stereocenters. The van der Waals surface area contributed by atoms with Gasteiger partial charge in [0.05, 0.1) is 17.3 Å². The Bertz CT molecular complexity index is 1080. The summed E-state index contributed by atoms with van der Waals surface area (Å²) in [5.41, 5.74) is 3.18. The lowest BCUT2D eigenvalue weighted by Crippen LogP contribution is -2.32. The van der Waals surface area contributed by atoms with Crippen LogP contribution in [0.1, 0.15) is 35.8 Å². The van der Waals surface area contributed by atoms with Crippen LogP contribution in [0.5, 0.6) is 0 Å². The van der Waals surface area contributed by atoms with Crippen molar-refractivity contribution in [2.75, 3.05) is 16.8 Å². The lowest BCUT2D eigenvalue weighted by Gasteiger charge is -2.22. The summed E-state index contributed by atoms with van der Waals surface area (Å²) in [5.74, 6) is -0.0290. The summed E-state index contributed by atoms with van der Waals surface area (Å²) in [6, 6.07) is 22.7. The first-order valence-electron chi connectivity index (χ1n) is 9.92. The van der Waals surface area contributed by atoms with E-state index in [2.05, 4.69) is 10.6 Å². The van der Waals surface area contributed by atoms with E-state index in [9.17, 15) is 9.59 Å². The Morgan fingerprint density at radius 1 is 1.00 bits per heavy atom. The van der Waals surface area contributed by atoms with Gasteiger partial charge in [-0.25, -0.2) is 4.79 Å². The van der Waals surface area contributed by atoms with E-state index in [1.54, 1.807) is 16.7 Å². The second-order valence-electron chi connectivity index (χ2n) is 7.06. The Labute approximate surface area is 180 Å². The Hall–Kier alpha value is -3.25. The molecule has 0 aliphatic carbocycles. The zero-order valence-corrected chi connectivity index (χ0v) is 17.7. The number of carbonyl (C=O) groups is 2. The number of hydrogen-bond acceptors (Lipinski definition) is 3. The number of nitrogens with zero attached hydrogens (tertiary/aromatic N) is 1. The van der Waals surface area contributed by atoms with Crippen molar-refractivity contribution in [1.29, 1.82) is 0 Å². The molecular formula is C24H23N3O2S. The average Bonchev–Trinajstić information content (AvgIpc) is 2.88. The van der Waals surface area contributed by atoms with Gasteiger partial charge >= 0.3 is 6.03 Å². The SMILES string of the molecule is CCN1C(=O)c2ccccc2Sc2ccc(NC(=O)N[C@H](C)c3ccccc3)cc21. The van der Waals surface area contributed by atoms with E-state index in [0.717, 1.165) is 21.0 Å². The van der Waals surface area contributed by atoms with Gasteiger partial charge in [0.2, 0.25) is 0 Å². The van der Waals surface area contributed by atoms with Gasteiger partial charge in [0.1, 0.15) is 0 Å². The third kappa shape index (κ3) is 4.04. The normalized spacial score (nSPS) is 13.7. The molecule has 0 saturated heterocycles. The molecule has 3 aromatic carbocycles. The fraction of sp³-hybridized carbons (Fsp3) is 0.167. The lowest BCUT2D eigenvalue weighted by atomic mass is 10.1. The van der Waals surface area contributed by atoms with Gasteiger partial charge in [-0.05, 0) is 49.7 Å². The van der Waals surface area contributed by atoms with Crippen molar-refractivity contribution in [3.05, 3.63) is 83.9 Å². The lowest BCUT2D eigenvalue weighted by molar-refractivity contribution is 0.0985. The molecule has 3 aromatic rings. The third-order valence-electron chi connectivity index (χ3n) is 5.05. The maximum atomic E-state index is 13.1. The van der Waals surface area contributed by atoms with Crippen LogP contribution in [-0.4, -0.2) is 18.5 Å². The first-order chi connectivity index (χ1) is 14.6. The van der Waals surface area contributed by atoms with Crippen molar-refractivity contribution in [2.24, 2.45) is 0 Å². The number of carbonyl (C=O) groups excluding carboxylic acids is 2. The molecule has 0 aromatic heterocycles. The number of rotatable bonds is 4. The van der Waals surface area contributed by atoms with Crippen molar-refractivity contribution in [2.45, 2.75) is 29.7 Å². The minimum absolute atomic E-state index is 0.0290. The first kappa shape index (κ1) is 20.0. The minimum atomic E-state index is -0.287. The van der Waals surface area contributed by atoms with E-state index >= 15 is 0 Å². The molecule has 30 heavy (non-hydrogen) atoms. The minimum Gasteiger partial charge on any atom is -0.331 e. The molecule has 4 rings (SSSR count). The molecule has 1 aliphatic rings. The molecule has 0 spiro atoms. The average molecular weight is 418 g/mol. The number of amides is 3. The third-order valence-corrected chi connectivity index (χ3v) is 6.19. The first-order valence-corrected chi connectivity index (χ1v) is 10.7. The van der Waals surface area contributed by atoms with Gasteiger partial charge < -0.3 is 15.5 Å². The number of nitrogens with one attached hydrogen (secondary N) is 2. The number of benzene rings is 3. The molecule has 0 fully saturated rings. The van der Waals surface area contributed by atoms with Gasteiger partial charge in [-0.15, -0.1) is 0 Å². The van der Waals surface area contributed by atoms with E-state index in [0.29, 0.717) is 17.8 Å². The van der Waals surface area contributed by atoms with E-state index in [-0.39, 0.29) is 18.0 Å². The fourth-order valence-corrected chi connectivity index (χ4v) is 4.56. The molecular weight excluding hydrogens is 394 g/mol. The van der Waals surface area contributed by atoms with Gasteiger partial charge in [0, 0.05) is 22.0 Å². The van der Waals surface area contributed by atoms with Crippen LogP contribution in [0.4, 0.5) is 16.2 Å². The van der Waals surface area contributed by atoms with E-state index in [4.69, 9.17) is 0 Å². The van der Waals surface area contributed by atoms with Crippen molar-refractivity contribution in [3.8, 4) is 0 Å². The molecule has 3 amide bonds. The number of hydrogen-bond donors (Lipinski definition) is 2. The van der Waals surface area contributed by atoms with Gasteiger partial charge in [-0.1, -0.05) is 54.2 Å². The molecule has 152 valence electrons. The molecule has 0 saturated carbocycles. The summed E-state index contributed by atoms with van der Waals surface area (Å²) >= 11 is 1.57. The largest absolute Gasteiger partial charge is 0.331 e. The quantitative estimate of drug-likeness (QED) is 0.572. The van der Waals surface area contributed by atoms with E-state index in [1.165, 1.54) is 0 Å².